The topological polar surface area (TPSA) is 111 Å². The second-order valence-corrected chi connectivity index (χ2v) is 8.51. The molecule has 2 aromatic heterocycles. The van der Waals surface area contributed by atoms with Crippen molar-refractivity contribution in [3.8, 4) is 16.8 Å². The molecule has 1 unspecified atom stereocenters. The summed E-state index contributed by atoms with van der Waals surface area (Å²) in [5, 5.41) is 18.2. The van der Waals surface area contributed by atoms with E-state index in [1.165, 1.54) is 11.9 Å². The molecular formula is C27H34N8O. The lowest BCUT2D eigenvalue weighted by atomic mass is 10.00. The Morgan fingerprint density at radius 1 is 0.944 bits per heavy atom. The summed E-state index contributed by atoms with van der Waals surface area (Å²) in [4.78, 5) is 21.8. The van der Waals surface area contributed by atoms with Crippen molar-refractivity contribution in [3.05, 3.63) is 77.5 Å². The number of aryl methyl sites for hydroxylation is 1. The minimum Gasteiger partial charge on any atom is -0.373 e. The van der Waals surface area contributed by atoms with Gasteiger partial charge in [0, 0.05) is 24.6 Å². The van der Waals surface area contributed by atoms with Gasteiger partial charge < -0.3 is 10.6 Å². The fraction of sp³-hybridized carbons (Fsp3) is 0.333. The van der Waals surface area contributed by atoms with E-state index in [4.69, 9.17) is 0 Å². The van der Waals surface area contributed by atoms with Crippen LogP contribution in [0.25, 0.3) is 16.8 Å². The van der Waals surface area contributed by atoms with E-state index in [-0.39, 0.29) is 17.9 Å². The Morgan fingerprint density at radius 2 is 1.67 bits per heavy atom. The van der Waals surface area contributed by atoms with Crippen molar-refractivity contribution in [2.24, 2.45) is 0 Å². The van der Waals surface area contributed by atoms with Crippen LogP contribution in [0.5, 0.6) is 0 Å². The minimum atomic E-state index is -0.312. The predicted molar refractivity (Wildman–Crippen MR) is 142 cm³/mol. The number of nitrogens with zero attached hydrogens (tertiary/aromatic N) is 6. The molecule has 4 rings (SSSR count). The van der Waals surface area contributed by atoms with Gasteiger partial charge in [0.25, 0.3) is 5.91 Å². The molecular weight excluding hydrogens is 452 g/mol. The molecule has 1 atom stereocenters. The number of tetrazole rings is 1. The number of carbonyl (C=O) groups is 1. The van der Waals surface area contributed by atoms with Crippen LogP contribution in [0.3, 0.4) is 0 Å². The van der Waals surface area contributed by atoms with Gasteiger partial charge in [-0.25, -0.2) is 9.97 Å². The number of carbonyl (C=O) groups excluding carboxylic acids is 1. The van der Waals surface area contributed by atoms with E-state index in [1.807, 2.05) is 71.9 Å². The average Bonchev–Trinajstić information content (AvgIpc) is 3.41. The molecule has 36 heavy (non-hydrogen) atoms. The Morgan fingerprint density at radius 3 is 2.33 bits per heavy atom. The molecule has 0 aliphatic rings. The summed E-state index contributed by atoms with van der Waals surface area (Å²) in [6.07, 6.45) is 1.48. The third kappa shape index (κ3) is 6.10. The molecule has 4 aromatic rings. The molecule has 0 fully saturated rings. The van der Waals surface area contributed by atoms with Gasteiger partial charge in [-0.15, -0.1) is 5.10 Å². The van der Waals surface area contributed by atoms with E-state index in [1.54, 1.807) is 17.8 Å². The Kier molecular flexibility index (Phi) is 8.83. The zero-order valence-electron chi connectivity index (χ0n) is 21.9. The van der Waals surface area contributed by atoms with Gasteiger partial charge in [-0.2, -0.15) is 4.68 Å². The first-order valence-corrected chi connectivity index (χ1v) is 12.2. The average molecular weight is 487 g/mol. The Hall–Kier alpha value is -4.14. The number of anilines is 1. The molecule has 9 heteroatoms. The fourth-order valence-electron chi connectivity index (χ4n) is 3.61. The molecule has 2 N–H and O–H groups in total. The molecule has 2 heterocycles. The second-order valence-electron chi connectivity index (χ2n) is 8.51. The maximum absolute atomic E-state index is 13.3. The van der Waals surface area contributed by atoms with E-state index >= 15 is 0 Å². The lowest BCUT2D eigenvalue weighted by Crippen LogP contribution is -2.27. The normalized spacial score (nSPS) is 11.4. The van der Waals surface area contributed by atoms with Crippen LogP contribution in [0.1, 0.15) is 74.0 Å². The number of hydrogen-bond donors (Lipinski definition) is 2. The number of amides is 1. The number of aromatic nitrogens is 6. The van der Waals surface area contributed by atoms with Gasteiger partial charge in [0.05, 0.1) is 17.4 Å². The van der Waals surface area contributed by atoms with Gasteiger partial charge >= 0.3 is 0 Å². The summed E-state index contributed by atoms with van der Waals surface area (Å²) < 4.78 is 1.69. The summed E-state index contributed by atoms with van der Waals surface area (Å²) in [6, 6.07) is 15.4. The third-order valence-corrected chi connectivity index (χ3v) is 5.56. The summed E-state index contributed by atoms with van der Waals surface area (Å²) in [5.41, 5.74) is 5.02. The predicted octanol–water partition coefficient (Wildman–Crippen LogP) is 5.11. The summed E-state index contributed by atoms with van der Waals surface area (Å²) in [6.45, 7) is 12.0. The summed E-state index contributed by atoms with van der Waals surface area (Å²) in [7, 11) is 1.79. The van der Waals surface area contributed by atoms with Crippen LogP contribution in [0.15, 0.2) is 54.9 Å². The molecule has 0 aliphatic heterocycles. The standard InChI is InChI=1S/C25H28N8O.C2H6/c1-15(2)24-30-31-32-33(24)21-11-19(18-8-6-16(3)7-9-18)10-20(12-21)25(34)29-17(4)22-13-23(26-5)28-14-27-22;1-2/h6-15,17H,1-5H3,(H,29,34)(H,26,27,28);1-2H3. The van der Waals surface area contributed by atoms with Gasteiger partial charge in [0.15, 0.2) is 5.82 Å². The quantitative estimate of drug-likeness (QED) is 0.373. The highest BCUT2D eigenvalue weighted by molar-refractivity contribution is 5.96. The summed E-state index contributed by atoms with van der Waals surface area (Å²) >= 11 is 0. The molecule has 0 saturated carbocycles. The molecule has 0 aliphatic carbocycles. The van der Waals surface area contributed by atoms with E-state index in [9.17, 15) is 4.79 Å². The van der Waals surface area contributed by atoms with Crippen molar-refractivity contribution >= 4 is 11.7 Å². The SMILES string of the molecule is CC.CNc1cc(C(C)NC(=O)c2cc(-c3ccc(C)cc3)cc(-n3nnnc3C(C)C)c2)ncn1. The molecule has 0 bridgehead atoms. The van der Waals surface area contributed by atoms with Gasteiger partial charge in [0.1, 0.15) is 12.1 Å². The first-order chi connectivity index (χ1) is 17.4. The van der Waals surface area contributed by atoms with Gasteiger partial charge in [0.2, 0.25) is 0 Å². The lowest BCUT2D eigenvalue weighted by molar-refractivity contribution is 0.0939. The number of benzene rings is 2. The maximum Gasteiger partial charge on any atom is 0.251 e. The van der Waals surface area contributed by atoms with Crippen LogP contribution >= 0.6 is 0 Å². The van der Waals surface area contributed by atoms with Crippen LogP contribution in [0, 0.1) is 6.92 Å². The number of hydrogen-bond acceptors (Lipinski definition) is 7. The largest absolute Gasteiger partial charge is 0.373 e. The van der Waals surface area contributed by atoms with Crippen molar-refractivity contribution in [3.63, 3.8) is 0 Å². The fourth-order valence-corrected chi connectivity index (χ4v) is 3.61. The highest BCUT2D eigenvalue weighted by Gasteiger charge is 2.18. The Labute approximate surface area is 212 Å². The first kappa shape index (κ1) is 26.5. The van der Waals surface area contributed by atoms with Gasteiger partial charge in [-0.05, 0) is 53.6 Å². The van der Waals surface area contributed by atoms with Crippen molar-refractivity contribution in [1.82, 2.24) is 35.5 Å². The Bertz CT molecular complexity index is 1300. The van der Waals surface area contributed by atoms with Crippen molar-refractivity contribution in [2.45, 2.75) is 53.5 Å². The van der Waals surface area contributed by atoms with E-state index in [0.29, 0.717) is 17.1 Å². The molecule has 0 radical (unpaired) electrons. The van der Waals surface area contributed by atoms with Gasteiger partial charge in [-0.3, -0.25) is 4.79 Å². The van der Waals surface area contributed by atoms with Crippen LogP contribution < -0.4 is 10.6 Å². The summed E-state index contributed by atoms with van der Waals surface area (Å²) in [5.74, 6) is 1.32. The van der Waals surface area contributed by atoms with Crippen LogP contribution in [-0.2, 0) is 0 Å². The smallest absolute Gasteiger partial charge is 0.251 e. The van der Waals surface area contributed by atoms with E-state index in [0.717, 1.165) is 22.6 Å². The van der Waals surface area contributed by atoms with Crippen molar-refractivity contribution in [1.29, 1.82) is 0 Å². The minimum absolute atomic E-state index is 0.120. The molecule has 2 aromatic carbocycles. The monoisotopic (exact) mass is 486 g/mol. The zero-order chi connectivity index (χ0) is 26.2. The maximum atomic E-state index is 13.3. The number of nitrogens with one attached hydrogen (secondary N) is 2. The molecule has 188 valence electrons. The lowest BCUT2D eigenvalue weighted by Gasteiger charge is -2.16. The zero-order valence-corrected chi connectivity index (χ0v) is 21.9. The van der Waals surface area contributed by atoms with Gasteiger partial charge in [-0.1, -0.05) is 57.5 Å². The van der Waals surface area contributed by atoms with E-state index < -0.39 is 0 Å². The van der Waals surface area contributed by atoms with Crippen LogP contribution in [0.4, 0.5) is 5.82 Å². The van der Waals surface area contributed by atoms with Crippen molar-refractivity contribution < 1.29 is 4.79 Å². The van der Waals surface area contributed by atoms with Crippen LogP contribution in [-0.4, -0.2) is 43.1 Å². The molecule has 0 saturated heterocycles. The highest BCUT2D eigenvalue weighted by atomic mass is 16.1. The molecule has 0 spiro atoms. The van der Waals surface area contributed by atoms with Crippen LogP contribution in [0.2, 0.25) is 0 Å². The Balaban J connectivity index is 0.00000176. The number of rotatable bonds is 7. The third-order valence-electron chi connectivity index (χ3n) is 5.56. The highest BCUT2D eigenvalue weighted by Crippen LogP contribution is 2.26. The molecule has 9 nitrogen and oxygen atoms in total. The van der Waals surface area contributed by atoms with E-state index in [2.05, 4.69) is 48.3 Å². The second kappa shape index (κ2) is 12.0. The first-order valence-electron chi connectivity index (χ1n) is 12.2. The van der Waals surface area contributed by atoms with Crippen molar-refractivity contribution in [2.75, 3.05) is 12.4 Å². The molecule has 1 amide bonds.